The van der Waals surface area contributed by atoms with Crippen molar-refractivity contribution in [3.05, 3.63) is 53.6 Å². The predicted octanol–water partition coefficient (Wildman–Crippen LogP) is 3.58. The van der Waals surface area contributed by atoms with Crippen LogP contribution in [0.25, 0.3) is 0 Å². The molecule has 1 fully saturated rings. The molecule has 31 heavy (non-hydrogen) atoms. The van der Waals surface area contributed by atoms with Crippen LogP contribution in [0.2, 0.25) is 0 Å². The van der Waals surface area contributed by atoms with Crippen molar-refractivity contribution in [1.29, 1.82) is 0 Å². The lowest BCUT2D eigenvalue weighted by atomic mass is 10.1. The van der Waals surface area contributed by atoms with Crippen molar-refractivity contribution in [2.75, 3.05) is 27.2 Å². The molecule has 1 aliphatic heterocycles. The van der Waals surface area contributed by atoms with Crippen LogP contribution in [0.3, 0.4) is 0 Å². The second-order valence-electron chi connectivity index (χ2n) is 7.72. The Labute approximate surface area is 188 Å². The van der Waals surface area contributed by atoms with Crippen LogP contribution >= 0.6 is 11.8 Å². The number of aryl methyl sites for hydroxylation is 2. The molecule has 1 atom stereocenters. The maximum Gasteiger partial charge on any atom is 0.266 e. The molecule has 0 N–H and O–H groups in total. The number of nitrogens with zero attached hydrogens (tertiary/aromatic N) is 3. The first-order chi connectivity index (χ1) is 14.6. The van der Waals surface area contributed by atoms with Gasteiger partial charge in [-0.25, -0.2) is 17.7 Å². The summed E-state index contributed by atoms with van der Waals surface area (Å²) in [6.07, 6.45) is 0. The minimum absolute atomic E-state index is 0.0930. The van der Waals surface area contributed by atoms with Crippen molar-refractivity contribution in [3.8, 4) is 5.75 Å². The summed E-state index contributed by atoms with van der Waals surface area (Å²) < 4.78 is 31.7. The highest BCUT2D eigenvalue weighted by molar-refractivity contribution is 8.14. The number of amides is 1. The highest BCUT2D eigenvalue weighted by Crippen LogP contribution is 2.29. The third kappa shape index (κ3) is 5.66. The smallest absolute Gasteiger partial charge is 0.266 e. The summed E-state index contributed by atoms with van der Waals surface area (Å²) in [4.78, 5) is 19.2. The van der Waals surface area contributed by atoms with E-state index < -0.39 is 10.0 Å². The quantitative estimate of drug-likeness (QED) is 0.657. The molecule has 0 spiro atoms. The fourth-order valence-electron chi connectivity index (χ4n) is 3.19. The summed E-state index contributed by atoms with van der Waals surface area (Å²) in [6.45, 7) is 6.41. The van der Waals surface area contributed by atoms with Crippen LogP contribution in [-0.2, 0) is 14.8 Å². The minimum Gasteiger partial charge on any atom is -0.484 e. The minimum atomic E-state index is -3.56. The monoisotopic (exact) mass is 461 g/mol. The molecule has 1 saturated heterocycles. The van der Waals surface area contributed by atoms with Gasteiger partial charge in [-0.15, -0.1) is 0 Å². The number of carbonyl (C=O) groups excluding carboxylic acids is 1. The third-order valence-corrected chi connectivity index (χ3v) is 7.54. The van der Waals surface area contributed by atoms with E-state index in [1.807, 2.05) is 39.0 Å². The van der Waals surface area contributed by atoms with Gasteiger partial charge < -0.3 is 4.74 Å². The molecule has 166 valence electrons. The molecule has 1 amide bonds. The molecule has 0 unspecified atom stereocenters. The predicted molar refractivity (Wildman–Crippen MR) is 125 cm³/mol. The molecule has 7 nitrogen and oxygen atoms in total. The van der Waals surface area contributed by atoms with Crippen LogP contribution in [0.5, 0.6) is 5.75 Å². The van der Waals surface area contributed by atoms with Gasteiger partial charge in [0.2, 0.25) is 10.0 Å². The van der Waals surface area contributed by atoms with Crippen molar-refractivity contribution in [1.82, 2.24) is 9.21 Å². The number of aliphatic imine (C=N–C) groups is 1. The van der Waals surface area contributed by atoms with E-state index >= 15 is 0 Å². The summed E-state index contributed by atoms with van der Waals surface area (Å²) in [5.74, 6) is 0.470. The third-order valence-electron chi connectivity index (χ3n) is 4.66. The van der Waals surface area contributed by atoms with Crippen LogP contribution in [-0.4, -0.2) is 61.2 Å². The van der Waals surface area contributed by atoms with Gasteiger partial charge in [0.05, 0.1) is 10.6 Å². The lowest BCUT2D eigenvalue weighted by molar-refractivity contribution is -0.129. The van der Waals surface area contributed by atoms with Crippen LogP contribution in [0, 0.1) is 13.8 Å². The molecule has 9 heteroatoms. The maximum atomic E-state index is 12.9. The largest absolute Gasteiger partial charge is 0.484 e. The number of benzene rings is 2. The first kappa shape index (κ1) is 23.3. The van der Waals surface area contributed by atoms with Gasteiger partial charge in [-0.2, -0.15) is 0 Å². The second kappa shape index (κ2) is 9.42. The zero-order valence-electron chi connectivity index (χ0n) is 18.3. The zero-order chi connectivity index (χ0) is 22.8. The lowest BCUT2D eigenvalue weighted by Gasteiger charge is -2.17. The molecular weight excluding hydrogens is 434 g/mol. The zero-order valence-corrected chi connectivity index (χ0v) is 20.0. The number of thioether (sulfide) groups is 1. The van der Waals surface area contributed by atoms with Gasteiger partial charge in [0.15, 0.2) is 11.8 Å². The summed E-state index contributed by atoms with van der Waals surface area (Å²) in [5, 5.41) is 0.721. The normalized spacial score (nSPS) is 18.1. The molecular formula is C22H27N3O4S2. The standard InChI is InChI=1S/C22H27N3O4S2/c1-15-9-16(2)11-19(10-15)29-14-21(26)25-13-17(3)30-22(25)23-18-7-6-8-20(12-18)31(27,28)24(4)5/h6-12,17H,13-14H2,1-5H3/t17-/m0/s1. The summed E-state index contributed by atoms with van der Waals surface area (Å²) in [7, 11) is -0.594. The molecule has 1 aliphatic rings. The molecule has 0 bridgehead atoms. The van der Waals surface area contributed by atoms with Crippen LogP contribution in [0.15, 0.2) is 52.4 Å². The van der Waals surface area contributed by atoms with Gasteiger partial charge in [-0.1, -0.05) is 30.8 Å². The lowest BCUT2D eigenvalue weighted by Crippen LogP contribution is -2.36. The number of amidine groups is 1. The average molecular weight is 462 g/mol. The summed E-state index contributed by atoms with van der Waals surface area (Å²) in [6, 6.07) is 12.3. The molecule has 1 heterocycles. The van der Waals surface area contributed by atoms with Crippen LogP contribution < -0.4 is 4.74 Å². The highest BCUT2D eigenvalue weighted by atomic mass is 32.2. The molecule has 0 radical (unpaired) electrons. The van der Waals surface area contributed by atoms with E-state index in [0.29, 0.717) is 23.1 Å². The van der Waals surface area contributed by atoms with Crippen molar-refractivity contribution in [2.24, 2.45) is 4.99 Å². The second-order valence-corrected chi connectivity index (χ2v) is 11.3. The number of ether oxygens (including phenoxy) is 1. The van der Waals surface area contributed by atoms with E-state index in [1.165, 1.54) is 38.0 Å². The van der Waals surface area contributed by atoms with Crippen molar-refractivity contribution in [3.63, 3.8) is 0 Å². The topological polar surface area (TPSA) is 79.3 Å². The Bertz CT molecular complexity index is 1090. The first-order valence-electron chi connectivity index (χ1n) is 9.85. The molecule has 0 aliphatic carbocycles. The Kier molecular flexibility index (Phi) is 7.08. The fraction of sp³-hybridized carbons (Fsp3) is 0.364. The molecule has 2 aromatic carbocycles. The number of hydrogen-bond acceptors (Lipinski definition) is 6. The Hall–Kier alpha value is -2.36. The average Bonchev–Trinajstić information content (AvgIpc) is 3.05. The van der Waals surface area contributed by atoms with E-state index in [4.69, 9.17) is 4.74 Å². The Morgan fingerprint density at radius 1 is 1.19 bits per heavy atom. The highest BCUT2D eigenvalue weighted by Gasteiger charge is 2.31. The van der Waals surface area contributed by atoms with Crippen molar-refractivity contribution in [2.45, 2.75) is 30.9 Å². The Morgan fingerprint density at radius 3 is 2.52 bits per heavy atom. The summed E-state index contributed by atoms with van der Waals surface area (Å²) in [5.41, 5.74) is 2.62. The van der Waals surface area contributed by atoms with Gasteiger partial charge in [-0.05, 0) is 55.3 Å². The number of sulfonamides is 1. The van der Waals surface area contributed by atoms with Crippen molar-refractivity contribution < 1.29 is 17.9 Å². The van der Waals surface area contributed by atoms with Gasteiger partial charge in [0.25, 0.3) is 5.91 Å². The molecule has 0 saturated carbocycles. The van der Waals surface area contributed by atoms with E-state index in [0.717, 1.165) is 15.4 Å². The fourth-order valence-corrected chi connectivity index (χ4v) is 5.17. The number of hydrogen-bond donors (Lipinski definition) is 0. The van der Waals surface area contributed by atoms with E-state index in [-0.39, 0.29) is 22.7 Å². The van der Waals surface area contributed by atoms with E-state index in [1.54, 1.807) is 17.0 Å². The number of carbonyl (C=O) groups is 1. The maximum absolute atomic E-state index is 12.9. The van der Waals surface area contributed by atoms with E-state index in [2.05, 4.69) is 4.99 Å². The molecule has 0 aromatic heterocycles. The molecule has 3 rings (SSSR count). The summed E-state index contributed by atoms with van der Waals surface area (Å²) >= 11 is 1.48. The van der Waals surface area contributed by atoms with Crippen LogP contribution in [0.1, 0.15) is 18.1 Å². The van der Waals surface area contributed by atoms with Gasteiger partial charge in [0.1, 0.15) is 5.75 Å². The SMILES string of the molecule is Cc1cc(C)cc(OCC(=O)N2C[C@H](C)SC2=Nc2cccc(S(=O)(=O)N(C)C)c2)c1. The van der Waals surface area contributed by atoms with Gasteiger partial charge >= 0.3 is 0 Å². The molecule has 2 aromatic rings. The van der Waals surface area contributed by atoms with Crippen molar-refractivity contribution >= 4 is 38.5 Å². The Morgan fingerprint density at radius 2 is 1.87 bits per heavy atom. The first-order valence-corrected chi connectivity index (χ1v) is 12.2. The van der Waals surface area contributed by atoms with Crippen LogP contribution in [0.4, 0.5) is 5.69 Å². The van der Waals surface area contributed by atoms with Gasteiger partial charge in [-0.3, -0.25) is 9.69 Å². The Balaban J connectivity index is 1.79. The number of rotatable bonds is 6. The van der Waals surface area contributed by atoms with E-state index in [9.17, 15) is 13.2 Å². The van der Waals surface area contributed by atoms with Gasteiger partial charge in [0, 0.05) is 25.9 Å².